The van der Waals surface area contributed by atoms with Crippen LogP contribution >= 0.6 is 0 Å². The lowest BCUT2D eigenvalue weighted by atomic mass is 10.2. The lowest BCUT2D eigenvalue weighted by molar-refractivity contribution is -0.384. The standard InChI is InChI=1S/C14H18N4O3/c1-11(10-15)16-5-7-17(8-6-16)13-4-3-12(21-2)9-14(13)18(19)20/h3-4,9,11H,5-8H2,1-2H3. The number of ether oxygens (including phenoxy) is 1. The minimum atomic E-state index is -0.387. The van der Waals surface area contributed by atoms with Crippen LogP contribution in [0, 0.1) is 21.4 Å². The zero-order valence-corrected chi connectivity index (χ0v) is 12.2. The van der Waals surface area contributed by atoms with Crippen LogP contribution in [0.5, 0.6) is 5.75 Å². The third kappa shape index (κ3) is 3.23. The smallest absolute Gasteiger partial charge is 0.296 e. The monoisotopic (exact) mass is 290 g/mol. The molecule has 1 aromatic carbocycles. The fraction of sp³-hybridized carbons (Fsp3) is 0.500. The van der Waals surface area contributed by atoms with E-state index in [2.05, 4.69) is 11.0 Å². The molecule has 1 aromatic rings. The van der Waals surface area contributed by atoms with Gasteiger partial charge in [-0.2, -0.15) is 5.26 Å². The number of nitrogens with zero attached hydrogens (tertiary/aromatic N) is 4. The topological polar surface area (TPSA) is 82.6 Å². The second kappa shape index (κ2) is 6.41. The first-order valence-electron chi connectivity index (χ1n) is 6.78. The molecule has 0 spiro atoms. The molecule has 1 heterocycles. The van der Waals surface area contributed by atoms with Gasteiger partial charge in [-0.25, -0.2) is 0 Å². The van der Waals surface area contributed by atoms with Gasteiger partial charge in [-0.1, -0.05) is 0 Å². The highest BCUT2D eigenvalue weighted by molar-refractivity contribution is 5.65. The Morgan fingerprint density at radius 3 is 2.57 bits per heavy atom. The Hall–Kier alpha value is -2.33. The van der Waals surface area contributed by atoms with Crippen molar-refractivity contribution in [2.45, 2.75) is 13.0 Å². The summed E-state index contributed by atoms with van der Waals surface area (Å²) in [6, 6.07) is 6.99. The SMILES string of the molecule is COc1ccc(N2CCN(C(C)C#N)CC2)c([N+](=O)[O-])c1. The normalized spacial score (nSPS) is 17.1. The molecule has 21 heavy (non-hydrogen) atoms. The first-order valence-corrected chi connectivity index (χ1v) is 6.78. The number of piperazine rings is 1. The Morgan fingerprint density at radius 1 is 1.38 bits per heavy atom. The molecule has 112 valence electrons. The van der Waals surface area contributed by atoms with Crippen LogP contribution in [-0.4, -0.2) is 49.2 Å². The Labute approximate surface area is 123 Å². The van der Waals surface area contributed by atoms with Crippen LogP contribution in [0.2, 0.25) is 0 Å². The summed E-state index contributed by atoms with van der Waals surface area (Å²) in [6.07, 6.45) is 0. The largest absolute Gasteiger partial charge is 0.496 e. The van der Waals surface area contributed by atoms with Crippen molar-refractivity contribution in [1.82, 2.24) is 4.90 Å². The predicted molar refractivity (Wildman–Crippen MR) is 78.5 cm³/mol. The Balaban J connectivity index is 2.17. The average molecular weight is 290 g/mol. The van der Waals surface area contributed by atoms with Gasteiger partial charge in [-0.15, -0.1) is 0 Å². The van der Waals surface area contributed by atoms with Gasteiger partial charge >= 0.3 is 0 Å². The second-order valence-corrected chi connectivity index (χ2v) is 4.94. The molecular weight excluding hydrogens is 272 g/mol. The molecule has 1 saturated heterocycles. The van der Waals surface area contributed by atoms with Gasteiger partial charge in [0.1, 0.15) is 11.4 Å². The van der Waals surface area contributed by atoms with Crippen molar-refractivity contribution in [1.29, 1.82) is 5.26 Å². The molecule has 1 aliphatic rings. The van der Waals surface area contributed by atoms with E-state index in [0.29, 0.717) is 24.5 Å². The van der Waals surface area contributed by atoms with Crippen molar-refractivity contribution in [3.63, 3.8) is 0 Å². The number of anilines is 1. The highest BCUT2D eigenvalue weighted by atomic mass is 16.6. The fourth-order valence-corrected chi connectivity index (χ4v) is 2.48. The lowest BCUT2D eigenvalue weighted by Gasteiger charge is -2.36. The molecule has 7 nitrogen and oxygen atoms in total. The predicted octanol–water partition coefficient (Wildman–Crippen LogP) is 1.64. The molecule has 0 N–H and O–H groups in total. The van der Waals surface area contributed by atoms with Gasteiger partial charge in [0.25, 0.3) is 5.69 Å². The summed E-state index contributed by atoms with van der Waals surface area (Å²) in [5.41, 5.74) is 0.654. The molecule has 0 saturated carbocycles. The van der Waals surface area contributed by atoms with Gasteiger partial charge in [-0.05, 0) is 19.1 Å². The van der Waals surface area contributed by atoms with Gasteiger partial charge in [0.2, 0.25) is 0 Å². The Morgan fingerprint density at radius 2 is 2.05 bits per heavy atom. The number of methoxy groups -OCH3 is 1. The van der Waals surface area contributed by atoms with Crippen molar-refractivity contribution in [3.05, 3.63) is 28.3 Å². The van der Waals surface area contributed by atoms with Crippen molar-refractivity contribution in [2.75, 3.05) is 38.2 Å². The maximum Gasteiger partial charge on any atom is 0.296 e. The highest BCUT2D eigenvalue weighted by Gasteiger charge is 2.26. The minimum absolute atomic E-state index is 0.0520. The van der Waals surface area contributed by atoms with Crippen LogP contribution in [0.4, 0.5) is 11.4 Å². The van der Waals surface area contributed by atoms with Gasteiger partial charge < -0.3 is 9.64 Å². The molecule has 0 aliphatic carbocycles. The summed E-state index contributed by atoms with van der Waals surface area (Å²) < 4.78 is 5.04. The van der Waals surface area contributed by atoms with E-state index in [0.717, 1.165) is 13.1 Å². The van der Waals surface area contributed by atoms with Crippen molar-refractivity contribution in [3.8, 4) is 11.8 Å². The molecule has 1 atom stereocenters. The molecule has 1 aliphatic heterocycles. The molecule has 1 fully saturated rings. The molecule has 0 aromatic heterocycles. The number of hydrogen-bond acceptors (Lipinski definition) is 6. The minimum Gasteiger partial charge on any atom is -0.496 e. The van der Waals surface area contributed by atoms with Crippen molar-refractivity contribution < 1.29 is 9.66 Å². The number of nitriles is 1. The molecule has 0 radical (unpaired) electrons. The summed E-state index contributed by atoms with van der Waals surface area (Å²) in [4.78, 5) is 14.9. The van der Waals surface area contributed by atoms with Gasteiger partial charge in [0, 0.05) is 26.2 Å². The van der Waals surface area contributed by atoms with Crippen LogP contribution < -0.4 is 9.64 Å². The van der Waals surface area contributed by atoms with E-state index >= 15 is 0 Å². The molecule has 2 rings (SSSR count). The molecule has 0 amide bonds. The quantitative estimate of drug-likeness (QED) is 0.619. The first-order chi connectivity index (χ1) is 10.1. The van der Waals surface area contributed by atoms with Crippen LogP contribution in [0.3, 0.4) is 0 Å². The summed E-state index contributed by atoms with van der Waals surface area (Å²) in [5, 5.41) is 20.2. The maximum atomic E-state index is 11.2. The van der Waals surface area contributed by atoms with E-state index in [9.17, 15) is 10.1 Å². The van der Waals surface area contributed by atoms with E-state index in [-0.39, 0.29) is 16.7 Å². The van der Waals surface area contributed by atoms with Gasteiger partial charge in [-0.3, -0.25) is 15.0 Å². The summed E-state index contributed by atoms with van der Waals surface area (Å²) in [6.45, 7) is 4.64. The number of benzene rings is 1. The zero-order valence-electron chi connectivity index (χ0n) is 12.2. The van der Waals surface area contributed by atoms with E-state index in [1.807, 2.05) is 11.8 Å². The van der Waals surface area contributed by atoms with E-state index in [4.69, 9.17) is 10.00 Å². The number of hydrogen-bond donors (Lipinski definition) is 0. The van der Waals surface area contributed by atoms with Crippen molar-refractivity contribution in [2.24, 2.45) is 0 Å². The van der Waals surface area contributed by atoms with Crippen molar-refractivity contribution >= 4 is 11.4 Å². The van der Waals surface area contributed by atoms with E-state index < -0.39 is 0 Å². The van der Waals surface area contributed by atoms with Crippen LogP contribution in [0.1, 0.15) is 6.92 Å². The average Bonchev–Trinajstić information content (AvgIpc) is 2.53. The van der Waals surface area contributed by atoms with Crippen LogP contribution in [0.25, 0.3) is 0 Å². The van der Waals surface area contributed by atoms with Gasteiger partial charge in [0.05, 0.1) is 30.2 Å². The number of nitro groups is 1. The van der Waals surface area contributed by atoms with E-state index in [1.54, 1.807) is 12.1 Å². The zero-order chi connectivity index (χ0) is 15.4. The summed E-state index contributed by atoms with van der Waals surface area (Å²) >= 11 is 0. The fourth-order valence-electron chi connectivity index (χ4n) is 2.48. The third-order valence-electron chi connectivity index (χ3n) is 3.77. The van der Waals surface area contributed by atoms with Crippen LogP contribution in [0.15, 0.2) is 18.2 Å². The van der Waals surface area contributed by atoms with Crippen LogP contribution in [-0.2, 0) is 0 Å². The highest BCUT2D eigenvalue weighted by Crippen LogP contribution is 2.32. The molecule has 7 heteroatoms. The van der Waals surface area contributed by atoms with E-state index in [1.165, 1.54) is 13.2 Å². The summed E-state index contributed by atoms with van der Waals surface area (Å²) in [5.74, 6) is 0.474. The number of rotatable bonds is 4. The second-order valence-electron chi connectivity index (χ2n) is 4.94. The Kier molecular flexibility index (Phi) is 4.60. The Bertz CT molecular complexity index is 562. The first kappa shape index (κ1) is 15.1. The van der Waals surface area contributed by atoms with Gasteiger partial charge in [0.15, 0.2) is 0 Å². The molecule has 1 unspecified atom stereocenters. The lowest BCUT2D eigenvalue weighted by Crippen LogP contribution is -2.49. The third-order valence-corrected chi connectivity index (χ3v) is 3.77. The summed E-state index contributed by atoms with van der Waals surface area (Å²) in [7, 11) is 1.49. The maximum absolute atomic E-state index is 11.2. The number of nitro benzene ring substituents is 1. The molecular formula is C14H18N4O3. The molecule has 0 bridgehead atoms.